The molecule has 5 heteroatoms. The maximum atomic E-state index is 12.5. The van der Waals surface area contributed by atoms with Gasteiger partial charge in [-0.15, -0.1) is 0 Å². The first-order valence-corrected chi connectivity index (χ1v) is 7.71. The number of carbonyl (C=O) groups excluding carboxylic acids is 2. The van der Waals surface area contributed by atoms with E-state index in [9.17, 15) is 9.59 Å². The lowest BCUT2D eigenvalue weighted by molar-refractivity contribution is -0.902. The topological polar surface area (TPSA) is 41.8 Å². The molecule has 0 radical (unpaired) electrons. The predicted octanol–water partition coefficient (Wildman–Crippen LogP) is 0.602. The van der Waals surface area contributed by atoms with Crippen LogP contribution in [0.15, 0.2) is 24.3 Å². The standard InChI is InChI=1S/C14H15IN2O2/c15-10-3-5-11(6-4-10)17-13(18)9-12(14(17)19)16-7-1-2-8-16/h3-6,12H,1-2,7-9H2/p+1/t12-/m0/s1. The van der Waals surface area contributed by atoms with Gasteiger partial charge in [0.25, 0.3) is 5.91 Å². The molecule has 0 spiro atoms. The third-order valence-corrected chi connectivity index (χ3v) is 4.69. The van der Waals surface area contributed by atoms with E-state index in [4.69, 9.17) is 0 Å². The summed E-state index contributed by atoms with van der Waals surface area (Å²) in [6, 6.07) is 7.38. The van der Waals surface area contributed by atoms with Gasteiger partial charge in [0.05, 0.1) is 25.2 Å². The normalized spacial score (nSPS) is 24.5. The molecule has 1 N–H and O–H groups in total. The number of nitrogens with zero attached hydrogens (tertiary/aromatic N) is 1. The summed E-state index contributed by atoms with van der Waals surface area (Å²) in [4.78, 5) is 27.2. The molecule has 3 rings (SSSR count). The molecule has 1 aromatic rings. The van der Waals surface area contributed by atoms with E-state index in [0.717, 1.165) is 29.5 Å². The van der Waals surface area contributed by atoms with Gasteiger partial charge in [0.15, 0.2) is 6.04 Å². The number of amides is 2. The Morgan fingerprint density at radius 2 is 1.74 bits per heavy atom. The zero-order chi connectivity index (χ0) is 13.4. The largest absolute Gasteiger partial charge is 0.324 e. The van der Waals surface area contributed by atoms with Crippen LogP contribution >= 0.6 is 22.6 Å². The average molecular weight is 371 g/mol. The van der Waals surface area contributed by atoms with Crippen LogP contribution in [0.2, 0.25) is 0 Å². The molecule has 4 nitrogen and oxygen atoms in total. The van der Waals surface area contributed by atoms with E-state index in [2.05, 4.69) is 22.6 Å². The highest BCUT2D eigenvalue weighted by Gasteiger charge is 2.46. The highest BCUT2D eigenvalue weighted by Crippen LogP contribution is 2.23. The van der Waals surface area contributed by atoms with E-state index in [1.165, 1.54) is 9.80 Å². The van der Waals surface area contributed by atoms with E-state index in [1.54, 1.807) is 0 Å². The number of nitrogens with one attached hydrogen (secondary N) is 1. The van der Waals surface area contributed by atoms with Crippen molar-refractivity contribution in [2.75, 3.05) is 18.0 Å². The summed E-state index contributed by atoms with van der Waals surface area (Å²) in [7, 11) is 0. The number of imide groups is 1. The molecule has 100 valence electrons. The molecular weight excluding hydrogens is 355 g/mol. The lowest BCUT2D eigenvalue weighted by Gasteiger charge is -2.19. The summed E-state index contributed by atoms with van der Waals surface area (Å²) in [5.74, 6) is -0.0845. The molecule has 2 aliphatic rings. The van der Waals surface area contributed by atoms with Crippen molar-refractivity contribution >= 4 is 40.1 Å². The molecule has 2 fully saturated rings. The minimum Gasteiger partial charge on any atom is -0.324 e. The van der Waals surface area contributed by atoms with Crippen molar-refractivity contribution in [3.05, 3.63) is 27.8 Å². The van der Waals surface area contributed by atoms with E-state index < -0.39 is 0 Å². The van der Waals surface area contributed by atoms with Gasteiger partial charge in [-0.25, -0.2) is 4.90 Å². The van der Waals surface area contributed by atoms with Crippen molar-refractivity contribution in [1.82, 2.24) is 0 Å². The number of hydrogen-bond acceptors (Lipinski definition) is 2. The molecule has 2 saturated heterocycles. The molecule has 0 saturated carbocycles. The fourth-order valence-electron chi connectivity index (χ4n) is 2.99. The fourth-order valence-corrected chi connectivity index (χ4v) is 3.35. The molecule has 1 aromatic carbocycles. The molecular formula is C14H16IN2O2+. The Labute approximate surface area is 125 Å². The van der Waals surface area contributed by atoms with Gasteiger partial charge in [-0.1, -0.05) is 0 Å². The second-order valence-electron chi connectivity index (χ2n) is 5.17. The molecule has 19 heavy (non-hydrogen) atoms. The summed E-state index contributed by atoms with van der Waals surface area (Å²) < 4.78 is 1.10. The highest BCUT2D eigenvalue weighted by atomic mass is 127. The van der Waals surface area contributed by atoms with Crippen LogP contribution in [0, 0.1) is 3.57 Å². The Hall–Kier alpha value is -0.950. The van der Waals surface area contributed by atoms with Gasteiger partial charge in [-0.3, -0.25) is 9.59 Å². The van der Waals surface area contributed by atoms with Crippen molar-refractivity contribution in [3.8, 4) is 0 Å². The fraction of sp³-hybridized carbons (Fsp3) is 0.429. The minimum absolute atomic E-state index is 0.0249. The monoisotopic (exact) mass is 371 g/mol. The number of hydrogen-bond donors (Lipinski definition) is 1. The second-order valence-corrected chi connectivity index (χ2v) is 6.41. The predicted molar refractivity (Wildman–Crippen MR) is 80.0 cm³/mol. The molecule has 0 aliphatic carbocycles. The zero-order valence-electron chi connectivity index (χ0n) is 10.6. The summed E-state index contributed by atoms with van der Waals surface area (Å²) in [6.45, 7) is 2.04. The Morgan fingerprint density at radius 1 is 1.11 bits per heavy atom. The van der Waals surface area contributed by atoms with Crippen LogP contribution in [0.25, 0.3) is 0 Å². The summed E-state index contributed by atoms with van der Waals surface area (Å²) in [6.07, 6.45) is 2.69. The Kier molecular flexibility index (Phi) is 3.58. The van der Waals surface area contributed by atoms with Crippen LogP contribution < -0.4 is 9.80 Å². The first-order valence-electron chi connectivity index (χ1n) is 6.64. The van der Waals surface area contributed by atoms with Gasteiger partial charge < -0.3 is 4.90 Å². The maximum absolute atomic E-state index is 12.5. The van der Waals surface area contributed by atoms with Gasteiger partial charge in [-0.2, -0.15) is 0 Å². The number of quaternary nitrogens is 1. The van der Waals surface area contributed by atoms with Gasteiger partial charge in [-0.05, 0) is 46.9 Å². The summed E-state index contributed by atoms with van der Waals surface area (Å²) in [5.41, 5.74) is 0.705. The molecule has 0 bridgehead atoms. The van der Waals surface area contributed by atoms with Gasteiger partial charge in [0, 0.05) is 16.4 Å². The number of likely N-dealkylation sites (tertiary alicyclic amines) is 1. The van der Waals surface area contributed by atoms with E-state index in [1.807, 2.05) is 24.3 Å². The van der Waals surface area contributed by atoms with Crippen molar-refractivity contribution in [2.24, 2.45) is 0 Å². The molecule has 2 heterocycles. The first kappa shape index (κ1) is 13.1. The van der Waals surface area contributed by atoms with Gasteiger partial charge in [0.2, 0.25) is 5.91 Å². The number of anilines is 1. The van der Waals surface area contributed by atoms with Crippen LogP contribution in [-0.4, -0.2) is 30.9 Å². The lowest BCUT2D eigenvalue weighted by atomic mass is 10.2. The van der Waals surface area contributed by atoms with Crippen LogP contribution in [0.4, 0.5) is 5.69 Å². The van der Waals surface area contributed by atoms with Crippen LogP contribution in [0.1, 0.15) is 19.3 Å². The number of rotatable bonds is 2. The van der Waals surface area contributed by atoms with Crippen molar-refractivity contribution in [1.29, 1.82) is 0 Å². The Balaban J connectivity index is 1.84. The molecule has 2 aliphatic heterocycles. The third kappa shape index (κ3) is 2.41. The smallest absolute Gasteiger partial charge is 0.292 e. The third-order valence-electron chi connectivity index (χ3n) is 3.97. The van der Waals surface area contributed by atoms with Crippen molar-refractivity contribution in [3.63, 3.8) is 0 Å². The minimum atomic E-state index is -0.158. The molecule has 2 amide bonds. The molecule has 0 aromatic heterocycles. The SMILES string of the molecule is O=C1C[C@H]([NH+]2CCCC2)C(=O)N1c1ccc(I)cc1. The summed E-state index contributed by atoms with van der Waals surface area (Å²) in [5, 5.41) is 0. The molecule has 0 unspecified atom stereocenters. The first-order chi connectivity index (χ1) is 9.16. The van der Waals surface area contributed by atoms with Gasteiger partial charge in [0.1, 0.15) is 0 Å². The highest BCUT2D eigenvalue weighted by molar-refractivity contribution is 14.1. The maximum Gasteiger partial charge on any atom is 0.292 e. The zero-order valence-corrected chi connectivity index (χ0v) is 12.7. The van der Waals surface area contributed by atoms with Crippen molar-refractivity contribution < 1.29 is 14.5 Å². The van der Waals surface area contributed by atoms with Crippen molar-refractivity contribution in [2.45, 2.75) is 25.3 Å². The molecule has 1 atom stereocenters. The van der Waals surface area contributed by atoms with Gasteiger partial charge >= 0.3 is 0 Å². The van der Waals surface area contributed by atoms with E-state index in [-0.39, 0.29) is 17.9 Å². The van der Waals surface area contributed by atoms with E-state index in [0.29, 0.717) is 12.1 Å². The quantitative estimate of drug-likeness (QED) is 0.611. The van der Waals surface area contributed by atoms with E-state index >= 15 is 0 Å². The van der Waals surface area contributed by atoms with Crippen LogP contribution in [-0.2, 0) is 9.59 Å². The number of carbonyl (C=O) groups is 2. The lowest BCUT2D eigenvalue weighted by Crippen LogP contribution is -3.14. The average Bonchev–Trinajstić information content (AvgIpc) is 3.00. The van der Waals surface area contributed by atoms with Crippen LogP contribution in [0.5, 0.6) is 0 Å². The van der Waals surface area contributed by atoms with Crippen LogP contribution in [0.3, 0.4) is 0 Å². The Bertz CT molecular complexity index is 509. The number of halogens is 1. The number of benzene rings is 1. The second kappa shape index (κ2) is 5.20. The Morgan fingerprint density at radius 3 is 2.37 bits per heavy atom. The summed E-state index contributed by atoms with van der Waals surface area (Å²) >= 11 is 2.21.